The van der Waals surface area contributed by atoms with Crippen molar-refractivity contribution in [3.8, 4) is 11.5 Å². The number of Topliss-reactive ketones (excluding diaryl/α,β-unsaturated/α-hetero) is 1. The van der Waals surface area contributed by atoms with Crippen LogP contribution >= 0.6 is 0 Å². The van der Waals surface area contributed by atoms with Gasteiger partial charge in [0.2, 0.25) is 5.89 Å². The number of hydrogen-bond acceptors (Lipinski definition) is 6. The van der Waals surface area contributed by atoms with E-state index in [9.17, 15) is 13.2 Å². The van der Waals surface area contributed by atoms with Crippen molar-refractivity contribution in [3.63, 3.8) is 0 Å². The number of ketones is 1. The monoisotopic (exact) mass is 448 g/mol. The van der Waals surface area contributed by atoms with Crippen molar-refractivity contribution in [2.45, 2.75) is 65.6 Å². The first-order valence-corrected chi connectivity index (χ1v) is 13.0. The normalized spacial score (nSPS) is 11.9. The molecule has 0 aliphatic rings. The van der Waals surface area contributed by atoms with Crippen LogP contribution in [0.15, 0.2) is 28.7 Å². The van der Waals surface area contributed by atoms with Crippen molar-refractivity contribution >= 4 is 15.6 Å². The van der Waals surface area contributed by atoms with Gasteiger partial charge in [-0.25, -0.2) is 13.4 Å². The van der Waals surface area contributed by atoms with Crippen molar-refractivity contribution in [2.75, 3.05) is 25.4 Å². The van der Waals surface area contributed by atoms with Gasteiger partial charge in [0.1, 0.15) is 17.3 Å². The van der Waals surface area contributed by atoms with Crippen molar-refractivity contribution < 1.29 is 17.6 Å². The Kier molecular flexibility index (Phi) is 9.91. The van der Waals surface area contributed by atoms with Gasteiger partial charge in [0.15, 0.2) is 9.84 Å². The predicted octanol–water partition coefficient (Wildman–Crippen LogP) is 4.73. The Morgan fingerprint density at radius 1 is 1.03 bits per heavy atom. The third-order valence-electron chi connectivity index (χ3n) is 5.38. The molecular formula is C24H36N2O4S. The summed E-state index contributed by atoms with van der Waals surface area (Å²) >= 11 is 0. The van der Waals surface area contributed by atoms with Crippen LogP contribution in [0.2, 0.25) is 0 Å². The number of unbranched alkanes of at least 4 members (excludes halogenated alkanes) is 2. The van der Waals surface area contributed by atoms with Crippen LogP contribution in [-0.2, 0) is 20.4 Å². The molecule has 0 N–H and O–H groups in total. The summed E-state index contributed by atoms with van der Waals surface area (Å²) in [6, 6.07) is 7.69. The highest BCUT2D eigenvalue weighted by Gasteiger charge is 2.22. The molecule has 0 spiro atoms. The summed E-state index contributed by atoms with van der Waals surface area (Å²) in [6.45, 7) is 11.1. The molecule has 0 bridgehead atoms. The van der Waals surface area contributed by atoms with Gasteiger partial charge >= 0.3 is 0 Å². The minimum atomic E-state index is -3.58. The molecule has 0 unspecified atom stereocenters. The Morgan fingerprint density at radius 2 is 1.71 bits per heavy atom. The number of benzene rings is 1. The van der Waals surface area contributed by atoms with Crippen molar-refractivity contribution in [2.24, 2.45) is 0 Å². The van der Waals surface area contributed by atoms with E-state index < -0.39 is 15.6 Å². The van der Waals surface area contributed by atoms with Gasteiger partial charge in [0.25, 0.3) is 0 Å². The second kappa shape index (κ2) is 12.2. The number of hydrogen-bond donors (Lipinski definition) is 0. The average Bonchev–Trinajstić information content (AvgIpc) is 3.07. The molecular weight excluding hydrogens is 412 g/mol. The second-order valence-corrected chi connectivity index (χ2v) is 10.3. The number of aromatic nitrogens is 1. The summed E-state index contributed by atoms with van der Waals surface area (Å²) in [5.74, 6) is -0.0695. The van der Waals surface area contributed by atoms with Gasteiger partial charge in [-0.05, 0) is 64.9 Å². The lowest BCUT2D eigenvalue weighted by Gasteiger charge is -2.19. The Bertz CT molecular complexity index is 933. The Hall–Kier alpha value is -1.99. The summed E-state index contributed by atoms with van der Waals surface area (Å²) in [5.41, 5.74) is 2.29. The van der Waals surface area contributed by atoms with Crippen LogP contribution in [0.3, 0.4) is 0 Å². The number of oxazole rings is 1. The maximum atomic E-state index is 12.5. The van der Waals surface area contributed by atoms with Gasteiger partial charge in [0.05, 0.1) is 11.4 Å². The van der Waals surface area contributed by atoms with Crippen LogP contribution in [0.1, 0.15) is 63.0 Å². The lowest BCUT2D eigenvalue weighted by Crippen LogP contribution is -2.26. The number of aryl methyl sites for hydroxylation is 2. The fraction of sp³-hybridized carbons (Fsp3) is 0.583. The predicted molar refractivity (Wildman–Crippen MR) is 125 cm³/mol. The highest BCUT2D eigenvalue weighted by Crippen LogP contribution is 2.23. The molecule has 0 saturated carbocycles. The number of carbonyl (C=O) groups excluding carboxylic acids is 1. The third-order valence-corrected chi connectivity index (χ3v) is 6.86. The average molecular weight is 449 g/mol. The summed E-state index contributed by atoms with van der Waals surface area (Å²) < 4.78 is 30.8. The number of nitrogens with zero attached hydrogens (tertiary/aromatic N) is 2. The molecule has 0 amide bonds. The smallest absolute Gasteiger partial charge is 0.226 e. The molecule has 7 heteroatoms. The molecule has 1 aromatic carbocycles. The van der Waals surface area contributed by atoms with E-state index in [0.717, 1.165) is 43.6 Å². The van der Waals surface area contributed by atoms with E-state index in [-0.39, 0.29) is 11.5 Å². The fourth-order valence-electron chi connectivity index (χ4n) is 3.43. The molecule has 1 aromatic heterocycles. The van der Waals surface area contributed by atoms with Gasteiger partial charge in [-0.3, -0.25) is 4.79 Å². The molecule has 0 atom stereocenters. The molecule has 0 aliphatic heterocycles. The van der Waals surface area contributed by atoms with Crippen molar-refractivity contribution in [1.29, 1.82) is 0 Å². The summed E-state index contributed by atoms with van der Waals surface area (Å²) in [6.07, 6.45) is 4.28. The van der Waals surface area contributed by atoms with Crippen LogP contribution in [0.5, 0.6) is 0 Å². The Morgan fingerprint density at radius 3 is 2.35 bits per heavy atom. The van der Waals surface area contributed by atoms with E-state index in [1.807, 2.05) is 31.2 Å². The minimum absolute atomic E-state index is 0.225. The molecule has 6 nitrogen and oxygen atoms in total. The number of rotatable bonds is 14. The largest absolute Gasteiger partial charge is 0.441 e. The van der Waals surface area contributed by atoms with E-state index in [1.54, 1.807) is 6.92 Å². The zero-order valence-corrected chi connectivity index (χ0v) is 20.1. The third kappa shape index (κ3) is 8.57. The summed E-state index contributed by atoms with van der Waals surface area (Å²) in [7, 11) is -3.58. The van der Waals surface area contributed by atoms with Gasteiger partial charge in [-0.15, -0.1) is 0 Å². The lowest BCUT2D eigenvalue weighted by atomic mass is 10.1. The summed E-state index contributed by atoms with van der Waals surface area (Å²) in [5, 5.41) is 0. The van der Waals surface area contributed by atoms with Crippen LogP contribution in [-0.4, -0.2) is 49.5 Å². The first kappa shape index (κ1) is 25.3. The SMILES string of the molecule is CCCCN(CC)CCCCC(=O)CS(=O)(=O)Cc1nc(-c2ccc(C)cc2)oc1C. The van der Waals surface area contributed by atoms with Crippen molar-refractivity contribution in [3.05, 3.63) is 41.3 Å². The maximum Gasteiger partial charge on any atom is 0.226 e. The van der Waals surface area contributed by atoms with E-state index in [1.165, 1.54) is 12.8 Å². The lowest BCUT2D eigenvalue weighted by molar-refractivity contribution is -0.116. The van der Waals surface area contributed by atoms with Crippen LogP contribution in [0.25, 0.3) is 11.5 Å². The molecule has 2 aromatic rings. The minimum Gasteiger partial charge on any atom is -0.441 e. The first-order chi connectivity index (χ1) is 14.7. The van der Waals surface area contributed by atoms with Gasteiger partial charge in [-0.2, -0.15) is 0 Å². The van der Waals surface area contributed by atoms with Crippen molar-refractivity contribution in [1.82, 2.24) is 9.88 Å². The molecule has 0 aliphatic carbocycles. The van der Waals surface area contributed by atoms with Crippen LogP contribution in [0.4, 0.5) is 0 Å². The first-order valence-electron chi connectivity index (χ1n) is 11.2. The molecule has 31 heavy (non-hydrogen) atoms. The van der Waals surface area contributed by atoms with E-state index in [0.29, 0.717) is 23.8 Å². The van der Waals surface area contributed by atoms with Gasteiger partial charge in [0, 0.05) is 12.0 Å². The van der Waals surface area contributed by atoms with E-state index >= 15 is 0 Å². The van der Waals surface area contributed by atoms with E-state index in [4.69, 9.17) is 4.42 Å². The molecule has 1 heterocycles. The number of sulfone groups is 1. The zero-order chi connectivity index (χ0) is 22.9. The standard InChI is InChI=1S/C24H36N2O4S/c1-5-7-15-26(6-2)16-9-8-10-22(27)17-31(28,29)18-23-20(4)30-24(25-23)21-13-11-19(3)12-14-21/h11-14H,5-10,15-18H2,1-4H3. The molecule has 0 fully saturated rings. The molecule has 172 valence electrons. The highest BCUT2D eigenvalue weighted by atomic mass is 32.2. The fourth-order valence-corrected chi connectivity index (χ4v) is 4.85. The number of carbonyl (C=O) groups is 1. The highest BCUT2D eigenvalue weighted by molar-refractivity contribution is 7.91. The Labute approximate surface area is 187 Å². The Balaban J connectivity index is 1.84. The second-order valence-electron chi connectivity index (χ2n) is 8.20. The quantitative estimate of drug-likeness (QED) is 0.389. The summed E-state index contributed by atoms with van der Waals surface area (Å²) in [4.78, 5) is 19.0. The molecule has 0 saturated heterocycles. The zero-order valence-electron chi connectivity index (χ0n) is 19.3. The van der Waals surface area contributed by atoms with E-state index in [2.05, 4.69) is 23.7 Å². The van der Waals surface area contributed by atoms with Gasteiger partial charge < -0.3 is 9.32 Å². The van der Waals surface area contributed by atoms with Crippen LogP contribution in [0, 0.1) is 13.8 Å². The maximum absolute atomic E-state index is 12.5. The topological polar surface area (TPSA) is 80.5 Å². The molecule has 0 radical (unpaired) electrons. The van der Waals surface area contributed by atoms with Gasteiger partial charge in [-0.1, -0.05) is 38.0 Å². The van der Waals surface area contributed by atoms with Crippen LogP contribution < -0.4 is 0 Å². The molecule has 2 rings (SSSR count).